The zero-order chi connectivity index (χ0) is 8.43. The van der Waals surface area contributed by atoms with E-state index < -0.39 is 6.09 Å². The number of imide groups is 1. The molecule has 1 heterocycles. The van der Waals surface area contributed by atoms with Crippen LogP contribution in [0, 0.1) is 11.8 Å². The van der Waals surface area contributed by atoms with Gasteiger partial charge in [-0.2, -0.15) is 0 Å². The van der Waals surface area contributed by atoms with Crippen molar-refractivity contribution in [3.05, 3.63) is 0 Å². The molecule has 70 valence electrons. The van der Waals surface area contributed by atoms with Gasteiger partial charge in [-0.25, -0.2) is 4.79 Å². The zero-order valence-electron chi connectivity index (χ0n) is 6.59. The minimum absolute atomic E-state index is 0. The van der Waals surface area contributed by atoms with E-state index in [2.05, 4.69) is 10.1 Å². The lowest BCUT2D eigenvalue weighted by Crippen LogP contribution is -2.46. The van der Waals surface area contributed by atoms with Crippen LogP contribution < -0.4 is 5.32 Å². The fourth-order valence-corrected chi connectivity index (χ4v) is 0.966. The Bertz CT molecular complexity index is 189. The maximum absolute atomic E-state index is 11.0. The van der Waals surface area contributed by atoms with Gasteiger partial charge in [0.05, 0.1) is 5.92 Å². The van der Waals surface area contributed by atoms with Crippen LogP contribution in [-0.2, 0) is 9.53 Å². The van der Waals surface area contributed by atoms with Crippen molar-refractivity contribution in [2.75, 3.05) is 6.61 Å². The molecule has 0 radical (unpaired) electrons. The lowest BCUT2D eigenvalue weighted by molar-refractivity contribution is -0.129. The number of rotatable bonds is 1. The maximum atomic E-state index is 11.0. The molecule has 0 bridgehead atoms. The first kappa shape index (κ1) is 10.9. The van der Waals surface area contributed by atoms with Crippen LogP contribution in [-0.4, -0.2) is 18.6 Å². The van der Waals surface area contributed by atoms with Gasteiger partial charge in [0.2, 0.25) is 5.91 Å². The van der Waals surface area contributed by atoms with Crippen LogP contribution in [0.2, 0.25) is 0 Å². The van der Waals surface area contributed by atoms with Crippen LogP contribution in [0.4, 0.5) is 4.79 Å². The lowest BCUT2D eigenvalue weighted by atomic mass is 9.95. The van der Waals surface area contributed by atoms with Gasteiger partial charge in [0.1, 0.15) is 6.61 Å². The van der Waals surface area contributed by atoms with Crippen molar-refractivity contribution in [1.29, 1.82) is 0 Å². The monoisotopic (exact) mass is 173 g/mol. The third kappa shape index (κ3) is 2.22. The molecule has 0 aromatic carbocycles. The molecule has 4 heteroatoms. The summed E-state index contributed by atoms with van der Waals surface area (Å²) in [5.41, 5.74) is 0. The van der Waals surface area contributed by atoms with E-state index >= 15 is 0 Å². The van der Waals surface area contributed by atoms with Crippen molar-refractivity contribution in [1.82, 2.24) is 5.32 Å². The summed E-state index contributed by atoms with van der Waals surface area (Å²) in [5, 5.41) is 2.11. The fraction of sp³-hybridized carbons (Fsp3) is 0.750. The number of alkyl carbamates (subject to hydrolysis) is 1. The quantitative estimate of drug-likeness (QED) is 0.647. The summed E-state index contributed by atoms with van der Waals surface area (Å²) >= 11 is 0. The van der Waals surface area contributed by atoms with E-state index in [4.69, 9.17) is 0 Å². The number of carbonyl (C=O) groups excluding carboxylic acids is 2. The second-order valence-electron chi connectivity index (χ2n) is 2.94. The highest BCUT2D eigenvalue weighted by Crippen LogP contribution is 2.14. The van der Waals surface area contributed by atoms with E-state index in [0.29, 0.717) is 0 Å². The normalized spacial score (nSPS) is 22.8. The molecule has 0 spiro atoms. The molecular formula is C8H15NO3. The minimum Gasteiger partial charge on any atom is -0.448 e. The van der Waals surface area contributed by atoms with Crippen LogP contribution >= 0.6 is 0 Å². The molecule has 1 aliphatic heterocycles. The number of hydrogen-bond acceptors (Lipinski definition) is 3. The van der Waals surface area contributed by atoms with Gasteiger partial charge in [-0.05, 0) is 5.92 Å². The van der Waals surface area contributed by atoms with Gasteiger partial charge in [0.25, 0.3) is 0 Å². The Kier molecular flexibility index (Phi) is 3.73. The first-order valence-electron chi connectivity index (χ1n) is 3.59. The molecule has 0 aromatic rings. The number of amides is 2. The van der Waals surface area contributed by atoms with Crippen LogP contribution in [0.25, 0.3) is 0 Å². The predicted molar refractivity (Wildman–Crippen MR) is 44.5 cm³/mol. The Morgan fingerprint density at radius 2 is 2.08 bits per heavy atom. The molecule has 0 aliphatic carbocycles. The highest BCUT2D eigenvalue weighted by molar-refractivity contribution is 5.95. The lowest BCUT2D eigenvalue weighted by Gasteiger charge is -2.23. The second-order valence-corrected chi connectivity index (χ2v) is 2.94. The van der Waals surface area contributed by atoms with Gasteiger partial charge in [-0.3, -0.25) is 10.1 Å². The van der Waals surface area contributed by atoms with Gasteiger partial charge in [-0.15, -0.1) is 0 Å². The Morgan fingerprint density at radius 3 is 2.50 bits per heavy atom. The van der Waals surface area contributed by atoms with Gasteiger partial charge in [0, 0.05) is 0 Å². The summed E-state index contributed by atoms with van der Waals surface area (Å²) in [6.45, 7) is 4.05. The average molecular weight is 173 g/mol. The van der Waals surface area contributed by atoms with E-state index in [-0.39, 0.29) is 31.8 Å². The van der Waals surface area contributed by atoms with Crippen LogP contribution in [0.3, 0.4) is 0 Å². The van der Waals surface area contributed by atoms with E-state index in [9.17, 15) is 9.59 Å². The molecule has 1 aliphatic rings. The predicted octanol–water partition coefficient (Wildman–Crippen LogP) is 1.16. The van der Waals surface area contributed by atoms with Gasteiger partial charge < -0.3 is 4.74 Å². The van der Waals surface area contributed by atoms with E-state index in [1.54, 1.807) is 0 Å². The van der Waals surface area contributed by atoms with Gasteiger partial charge in [0.15, 0.2) is 0 Å². The molecule has 1 N–H and O–H groups in total. The topological polar surface area (TPSA) is 55.4 Å². The largest absolute Gasteiger partial charge is 0.448 e. The molecule has 0 saturated carbocycles. The van der Waals surface area contributed by atoms with E-state index in [1.165, 1.54) is 0 Å². The van der Waals surface area contributed by atoms with Gasteiger partial charge >= 0.3 is 6.09 Å². The Morgan fingerprint density at radius 1 is 1.50 bits per heavy atom. The fourth-order valence-electron chi connectivity index (χ4n) is 0.966. The summed E-state index contributed by atoms with van der Waals surface area (Å²) < 4.78 is 4.65. The van der Waals surface area contributed by atoms with Gasteiger partial charge in [-0.1, -0.05) is 21.3 Å². The first-order valence-corrected chi connectivity index (χ1v) is 3.59. The summed E-state index contributed by atoms with van der Waals surface area (Å²) in [4.78, 5) is 21.5. The summed E-state index contributed by atoms with van der Waals surface area (Å²) in [6.07, 6.45) is -0.632. The van der Waals surface area contributed by atoms with Crippen LogP contribution in [0.15, 0.2) is 0 Å². The zero-order valence-corrected chi connectivity index (χ0v) is 6.59. The van der Waals surface area contributed by atoms with Crippen molar-refractivity contribution >= 4 is 12.0 Å². The van der Waals surface area contributed by atoms with Crippen molar-refractivity contribution in [3.63, 3.8) is 0 Å². The number of hydrogen-bond donors (Lipinski definition) is 1. The number of ether oxygens (including phenoxy) is 1. The highest BCUT2D eigenvalue weighted by Gasteiger charge is 2.29. The SMILES string of the molecule is C.CC(C)C1COC(=O)NC1=O. The molecule has 1 fully saturated rings. The molecule has 0 aromatic heterocycles. The minimum atomic E-state index is -0.632. The Hall–Kier alpha value is -1.06. The molecule has 4 nitrogen and oxygen atoms in total. The summed E-state index contributed by atoms with van der Waals surface area (Å²) in [6, 6.07) is 0. The van der Waals surface area contributed by atoms with Crippen LogP contribution in [0.5, 0.6) is 0 Å². The Balaban J connectivity index is 0.00000121. The maximum Gasteiger partial charge on any atom is 0.413 e. The first-order chi connectivity index (χ1) is 5.11. The third-order valence-electron chi connectivity index (χ3n) is 1.76. The molecule has 1 unspecified atom stereocenters. The average Bonchev–Trinajstić information content (AvgIpc) is 1.85. The molecular weight excluding hydrogens is 158 g/mol. The number of carbonyl (C=O) groups is 2. The smallest absolute Gasteiger partial charge is 0.413 e. The molecule has 1 rings (SSSR count). The highest BCUT2D eigenvalue weighted by atomic mass is 16.6. The molecule has 1 atom stereocenters. The molecule has 1 saturated heterocycles. The number of cyclic esters (lactones) is 1. The van der Waals surface area contributed by atoms with Crippen molar-refractivity contribution in [3.8, 4) is 0 Å². The molecule has 12 heavy (non-hydrogen) atoms. The van der Waals surface area contributed by atoms with Crippen molar-refractivity contribution in [2.24, 2.45) is 11.8 Å². The third-order valence-corrected chi connectivity index (χ3v) is 1.76. The van der Waals surface area contributed by atoms with E-state index in [0.717, 1.165) is 0 Å². The number of nitrogens with one attached hydrogen (secondary N) is 1. The molecule has 2 amide bonds. The van der Waals surface area contributed by atoms with E-state index in [1.807, 2.05) is 13.8 Å². The summed E-state index contributed by atoms with van der Waals surface area (Å²) in [7, 11) is 0. The Labute approximate surface area is 72.3 Å². The summed E-state index contributed by atoms with van der Waals surface area (Å²) in [5.74, 6) is -0.202. The van der Waals surface area contributed by atoms with Crippen LogP contribution in [0.1, 0.15) is 21.3 Å². The van der Waals surface area contributed by atoms with Crippen molar-refractivity contribution in [2.45, 2.75) is 21.3 Å². The standard InChI is InChI=1S/C7H11NO3.CH4/c1-4(2)5-3-11-7(10)8-6(5)9;/h4-5H,3H2,1-2H3,(H,8,9,10);1H4. The van der Waals surface area contributed by atoms with Crippen molar-refractivity contribution < 1.29 is 14.3 Å². The second kappa shape index (κ2) is 4.09.